The zero-order chi connectivity index (χ0) is 11.4. The van der Waals surface area contributed by atoms with Gasteiger partial charge in [0.15, 0.2) is 5.82 Å². The molecule has 1 heterocycles. The SMILES string of the molecule is CCC1CCC(c2nnnn2CCN)CC1. The third kappa shape index (κ3) is 2.40. The maximum Gasteiger partial charge on any atom is 0.154 e. The molecular formula is C11H21N5. The fourth-order valence-electron chi connectivity index (χ4n) is 2.61. The molecule has 0 spiro atoms. The van der Waals surface area contributed by atoms with Crippen molar-refractivity contribution in [2.24, 2.45) is 11.7 Å². The van der Waals surface area contributed by atoms with Crippen LogP contribution in [0.1, 0.15) is 50.8 Å². The molecule has 2 N–H and O–H groups in total. The van der Waals surface area contributed by atoms with E-state index < -0.39 is 0 Å². The topological polar surface area (TPSA) is 69.6 Å². The molecular weight excluding hydrogens is 202 g/mol. The molecule has 1 aromatic rings. The number of hydrogen-bond acceptors (Lipinski definition) is 4. The standard InChI is InChI=1S/C11H21N5/c1-2-9-3-5-10(6-4-9)11-13-14-15-16(11)8-7-12/h9-10H,2-8,12H2,1H3. The van der Waals surface area contributed by atoms with Crippen LogP contribution in [0.15, 0.2) is 0 Å². The Labute approximate surface area is 96.4 Å². The highest BCUT2D eigenvalue weighted by Gasteiger charge is 2.25. The van der Waals surface area contributed by atoms with Gasteiger partial charge in [0.1, 0.15) is 0 Å². The van der Waals surface area contributed by atoms with Gasteiger partial charge >= 0.3 is 0 Å². The Morgan fingerprint density at radius 2 is 2.06 bits per heavy atom. The van der Waals surface area contributed by atoms with Crippen molar-refractivity contribution < 1.29 is 0 Å². The van der Waals surface area contributed by atoms with Crippen LogP contribution in [0.5, 0.6) is 0 Å². The summed E-state index contributed by atoms with van der Waals surface area (Å²) in [5.41, 5.74) is 5.55. The molecule has 5 nitrogen and oxygen atoms in total. The first-order valence-corrected chi connectivity index (χ1v) is 6.31. The molecule has 90 valence electrons. The molecule has 0 bridgehead atoms. The van der Waals surface area contributed by atoms with E-state index in [1.807, 2.05) is 4.68 Å². The van der Waals surface area contributed by atoms with Crippen LogP contribution in [0.25, 0.3) is 0 Å². The minimum Gasteiger partial charge on any atom is -0.329 e. The zero-order valence-corrected chi connectivity index (χ0v) is 9.97. The van der Waals surface area contributed by atoms with E-state index in [0.29, 0.717) is 12.5 Å². The van der Waals surface area contributed by atoms with Crippen LogP contribution in [-0.4, -0.2) is 26.8 Å². The number of rotatable bonds is 4. The van der Waals surface area contributed by atoms with Crippen LogP contribution >= 0.6 is 0 Å². The van der Waals surface area contributed by atoms with Gasteiger partial charge in [-0.15, -0.1) is 5.10 Å². The minimum absolute atomic E-state index is 0.546. The van der Waals surface area contributed by atoms with Crippen molar-refractivity contribution in [2.75, 3.05) is 6.54 Å². The Balaban J connectivity index is 1.99. The summed E-state index contributed by atoms with van der Waals surface area (Å²) in [7, 11) is 0. The molecule has 1 saturated carbocycles. The molecule has 0 saturated heterocycles. The predicted molar refractivity (Wildman–Crippen MR) is 61.9 cm³/mol. The first-order chi connectivity index (χ1) is 7.85. The highest BCUT2D eigenvalue weighted by atomic mass is 15.5. The summed E-state index contributed by atoms with van der Waals surface area (Å²) < 4.78 is 1.87. The number of aromatic nitrogens is 4. The van der Waals surface area contributed by atoms with Gasteiger partial charge in [0, 0.05) is 12.5 Å². The van der Waals surface area contributed by atoms with Crippen molar-refractivity contribution in [2.45, 2.75) is 51.5 Å². The summed E-state index contributed by atoms with van der Waals surface area (Å²) in [6.45, 7) is 3.61. The van der Waals surface area contributed by atoms with Crippen LogP contribution in [0.3, 0.4) is 0 Å². The molecule has 16 heavy (non-hydrogen) atoms. The van der Waals surface area contributed by atoms with Gasteiger partial charge in [-0.2, -0.15) is 0 Å². The monoisotopic (exact) mass is 223 g/mol. The fraction of sp³-hybridized carbons (Fsp3) is 0.909. The molecule has 0 amide bonds. The smallest absolute Gasteiger partial charge is 0.154 e. The summed E-state index contributed by atoms with van der Waals surface area (Å²) in [6.07, 6.45) is 6.39. The van der Waals surface area contributed by atoms with Crippen molar-refractivity contribution in [3.05, 3.63) is 5.82 Å². The highest BCUT2D eigenvalue weighted by Crippen LogP contribution is 2.35. The molecule has 1 aliphatic carbocycles. The van der Waals surface area contributed by atoms with E-state index in [1.165, 1.54) is 32.1 Å². The lowest BCUT2D eigenvalue weighted by Gasteiger charge is -2.26. The van der Waals surface area contributed by atoms with Crippen molar-refractivity contribution >= 4 is 0 Å². The maximum atomic E-state index is 5.55. The Morgan fingerprint density at radius 3 is 2.69 bits per heavy atom. The second kappa shape index (κ2) is 5.39. The summed E-state index contributed by atoms with van der Waals surface area (Å²) in [6, 6.07) is 0. The minimum atomic E-state index is 0.546. The Morgan fingerprint density at radius 1 is 1.31 bits per heavy atom. The van der Waals surface area contributed by atoms with Crippen molar-refractivity contribution in [3.8, 4) is 0 Å². The van der Waals surface area contributed by atoms with Gasteiger partial charge in [0.2, 0.25) is 0 Å². The van der Waals surface area contributed by atoms with Crippen molar-refractivity contribution in [1.82, 2.24) is 20.2 Å². The van der Waals surface area contributed by atoms with Gasteiger partial charge in [-0.25, -0.2) is 4.68 Å². The molecule has 1 fully saturated rings. The molecule has 0 aliphatic heterocycles. The third-order valence-electron chi connectivity index (χ3n) is 3.69. The van der Waals surface area contributed by atoms with Gasteiger partial charge in [0.25, 0.3) is 0 Å². The van der Waals surface area contributed by atoms with Crippen molar-refractivity contribution in [3.63, 3.8) is 0 Å². The van der Waals surface area contributed by atoms with Crippen LogP contribution in [0.4, 0.5) is 0 Å². The lowest BCUT2D eigenvalue weighted by Crippen LogP contribution is -2.19. The van der Waals surface area contributed by atoms with E-state index in [-0.39, 0.29) is 0 Å². The second-order valence-corrected chi connectivity index (χ2v) is 4.67. The third-order valence-corrected chi connectivity index (χ3v) is 3.69. The Kier molecular flexibility index (Phi) is 3.88. The summed E-state index contributed by atoms with van der Waals surface area (Å²) in [4.78, 5) is 0. The normalized spacial score (nSPS) is 25.9. The van der Waals surface area contributed by atoms with Crippen molar-refractivity contribution in [1.29, 1.82) is 0 Å². The molecule has 5 heteroatoms. The average Bonchev–Trinajstić information content (AvgIpc) is 2.78. The van der Waals surface area contributed by atoms with E-state index in [9.17, 15) is 0 Å². The van der Waals surface area contributed by atoms with E-state index in [2.05, 4.69) is 22.4 Å². The summed E-state index contributed by atoms with van der Waals surface area (Å²) >= 11 is 0. The Hall–Kier alpha value is -0.970. The van der Waals surface area contributed by atoms with Crippen LogP contribution in [0.2, 0.25) is 0 Å². The van der Waals surface area contributed by atoms with Gasteiger partial charge in [-0.1, -0.05) is 13.3 Å². The van der Waals surface area contributed by atoms with E-state index in [4.69, 9.17) is 5.73 Å². The van der Waals surface area contributed by atoms with E-state index in [0.717, 1.165) is 18.3 Å². The number of tetrazole rings is 1. The molecule has 1 aliphatic rings. The first-order valence-electron chi connectivity index (χ1n) is 6.31. The molecule has 0 unspecified atom stereocenters. The van der Waals surface area contributed by atoms with Gasteiger partial charge in [-0.05, 0) is 42.0 Å². The largest absolute Gasteiger partial charge is 0.329 e. The summed E-state index contributed by atoms with van der Waals surface area (Å²) in [5, 5.41) is 11.9. The Bertz CT molecular complexity index is 314. The zero-order valence-electron chi connectivity index (χ0n) is 9.97. The fourth-order valence-corrected chi connectivity index (χ4v) is 2.61. The summed E-state index contributed by atoms with van der Waals surface area (Å²) in [5.74, 6) is 2.50. The van der Waals surface area contributed by atoms with Gasteiger partial charge in [-0.3, -0.25) is 0 Å². The molecule has 0 aromatic carbocycles. The number of hydrogen-bond donors (Lipinski definition) is 1. The van der Waals surface area contributed by atoms with Gasteiger partial charge < -0.3 is 5.73 Å². The number of nitrogens with two attached hydrogens (primary N) is 1. The van der Waals surface area contributed by atoms with E-state index in [1.54, 1.807) is 0 Å². The molecule has 0 radical (unpaired) electrons. The lowest BCUT2D eigenvalue weighted by atomic mass is 9.80. The second-order valence-electron chi connectivity index (χ2n) is 4.67. The molecule has 2 rings (SSSR count). The van der Waals surface area contributed by atoms with Crippen LogP contribution < -0.4 is 5.73 Å². The molecule has 1 aromatic heterocycles. The van der Waals surface area contributed by atoms with Gasteiger partial charge in [0.05, 0.1) is 6.54 Å². The predicted octanol–water partition coefficient (Wildman–Crippen LogP) is 1.32. The highest BCUT2D eigenvalue weighted by molar-refractivity contribution is 4.96. The van der Waals surface area contributed by atoms with Crippen LogP contribution in [0, 0.1) is 5.92 Å². The number of nitrogens with zero attached hydrogens (tertiary/aromatic N) is 4. The van der Waals surface area contributed by atoms with E-state index >= 15 is 0 Å². The lowest BCUT2D eigenvalue weighted by molar-refractivity contribution is 0.305. The quantitative estimate of drug-likeness (QED) is 0.835. The maximum absolute atomic E-state index is 5.55. The first kappa shape index (κ1) is 11.5. The molecule has 0 atom stereocenters. The van der Waals surface area contributed by atoms with Crippen LogP contribution in [-0.2, 0) is 6.54 Å². The average molecular weight is 223 g/mol.